The van der Waals surface area contributed by atoms with Crippen molar-refractivity contribution in [3.63, 3.8) is 0 Å². The average Bonchev–Trinajstić information content (AvgIpc) is 2.83. The minimum absolute atomic E-state index is 0.806. The second kappa shape index (κ2) is 4.62. The summed E-state index contributed by atoms with van der Waals surface area (Å²) in [6.45, 7) is 0. The van der Waals surface area contributed by atoms with Crippen LogP contribution in [-0.4, -0.2) is 9.97 Å². The third-order valence-electron chi connectivity index (χ3n) is 2.64. The largest absolute Gasteiger partial charge is 0.338 e. The maximum absolute atomic E-state index is 10.2. The molecule has 0 aliphatic carbocycles. The molecule has 18 heavy (non-hydrogen) atoms. The summed E-state index contributed by atoms with van der Waals surface area (Å²) < 4.78 is 2.81. The molecular formula is C13H9N3OS. The molecule has 4 nitrogen and oxygen atoms in total. The molecule has 0 saturated carbocycles. The van der Waals surface area contributed by atoms with Gasteiger partial charge in [-0.2, -0.15) is 0 Å². The van der Waals surface area contributed by atoms with Gasteiger partial charge in [0.15, 0.2) is 0 Å². The molecule has 0 unspecified atom stereocenters. The van der Waals surface area contributed by atoms with Gasteiger partial charge in [0.05, 0.1) is 23.0 Å². The fourth-order valence-electron chi connectivity index (χ4n) is 1.82. The molecule has 0 radical (unpaired) electrons. The monoisotopic (exact) mass is 255 g/mol. The highest BCUT2D eigenvalue weighted by atomic mass is 32.2. The first-order chi connectivity index (χ1) is 8.86. The third kappa shape index (κ3) is 2.00. The van der Waals surface area contributed by atoms with E-state index in [0.29, 0.717) is 0 Å². The molecule has 3 aromatic rings. The number of imidazole rings is 1. The van der Waals surface area contributed by atoms with E-state index in [0.717, 1.165) is 39.3 Å². The van der Waals surface area contributed by atoms with E-state index in [-0.39, 0.29) is 0 Å². The Hall–Kier alpha value is -2.14. The molecule has 1 heterocycles. The first kappa shape index (κ1) is 11.0. The van der Waals surface area contributed by atoms with E-state index in [9.17, 15) is 4.91 Å². The summed E-state index contributed by atoms with van der Waals surface area (Å²) in [4.78, 5) is 18.8. The number of rotatable bonds is 3. The highest BCUT2D eigenvalue weighted by Gasteiger charge is 2.05. The molecule has 1 N–H and O–H groups in total. The molecule has 0 aliphatic heterocycles. The van der Waals surface area contributed by atoms with Crippen LogP contribution in [0.4, 0.5) is 0 Å². The van der Waals surface area contributed by atoms with Gasteiger partial charge >= 0.3 is 0 Å². The number of benzene rings is 2. The maximum Gasteiger partial charge on any atom is 0.138 e. The van der Waals surface area contributed by atoms with E-state index in [1.807, 2.05) is 48.5 Å². The lowest BCUT2D eigenvalue weighted by Crippen LogP contribution is -1.77. The molecule has 1 aromatic heterocycles. The zero-order chi connectivity index (χ0) is 12.4. The smallest absolute Gasteiger partial charge is 0.138 e. The van der Waals surface area contributed by atoms with Crippen LogP contribution in [0.1, 0.15) is 0 Å². The molecule has 2 aromatic carbocycles. The van der Waals surface area contributed by atoms with Crippen molar-refractivity contribution in [1.82, 2.24) is 9.97 Å². The van der Waals surface area contributed by atoms with Crippen LogP contribution >= 0.6 is 11.9 Å². The first-order valence-corrected chi connectivity index (χ1v) is 6.19. The third-order valence-corrected chi connectivity index (χ3v) is 3.18. The molecular weight excluding hydrogens is 246 g/mol. The summed E-state index contributed by atoms with van der Waals surface area (Å²) in [5.41, 5.74) is 2.82. The zero-order valence-corrected chi connectivity index (χ0v) is 10.1. The van der Waals surface area contributed by atoms with Gasteiger partial charge in [0.25, 0.3) is 0 Å². The molecule has 3 rings (SSSR count). The summed E-state index contributed by atoms with van der Waals surface area (Å²) in [5, 5.41) is 0. The fourth-order valence-corrected chi connectivity index (χ4v) is 2.21. The molecule has 88 valence electrons. The number of nitrogens with zero attached hydrogens (tertiary/aromatic N) is 2. The van der Waals surface area contributed by atoms with Gasteiger partial charge in [0.2, 0.25) is 0 Å². The minimum atomic E-state index is 0.806. The topological polar surface area (TPSA) is 58.1 Å². The summed E-state index contributed by atoms with van der Waals surface area (Å²) in [6, 6.07) is 15.5. The van der Waals surface area contributed by atoms with Crippen LogP contribution in [0.25, 0.3) is 22.4 Å². The summed E-state index contributed by atoms with van der Waals surface area (Å²) in [7, 11) is 0. The molecule has 0 bridgehead atoms. The summed E-state index contributed by atoms with van der Waals surface area (Å²) >= 11 is 0.917. The Labute approximate surface area is 108 Å². The Morgan fingerprint density at radius 2 is 1.94 bits per heavy atom. The van der Waals surface area contributed by atoms with E-state index < -0.39 is 0 Å². The lowest BCUT2D eigenvalue weighted by molar-refractivity contribution is 1.34. The van der Waals surface area contributed by atoms with Crippen LogP contribution < -0.4 is 0 Å². The number of hydrogen-bond donors (Lipinski definition) is 1. The average molecular weight is 255 g/mol. The number of hydrogen-bond acceptors (Lipinski definition) is 4. The quantitative estimate of drug-likeness (QED) is 0.568. The Morgan fingerprint density at radius 1 is 1.11 bits per heavy atom. The standard InChI is InChI=1S/C13H9N3OS/c17-16-18-10-6-7-11-12(8-10)15-13(14-11)9-4-2-1-3-5-9/h1-8H,(H,14,15). The molecule has 0 atom stereocenters. The summed E-state index contributed by atoms with van der Waals surface area (Å²) in [5.74, 6) is 0.826. The van der Waals surface area contributed by atoms with Gasteiger partial charge in [-0.05, 0) is 18.2 Å². The van der Waals surface area contributed by atoms with E-state index >= 15 is 0 Å². The lowest BCUT2D eigenvalue weighted by Gasteiger charge is -1.93. The van der Waals surface area contributed by atoms with Crippen LogP contribution in [0.3, 0.4) is 0 Å². The van der Waals surface area contributed by atoms with E-state index in [2.05, 4.69) is 14.6 Å². The minimum Gasteiger partial charge on any atom is -0.338 e. The number of nitroso groups, excluding NO2 is 1. The van der Waals surface area contributed by atoms with Crippen LogP contribution in [0, 0.1) is 4.91 Å². The van der Waals surface area contributed by atoms with E-state index in [4.69, 9.17) is 0 Å². The Kier molecular flexibility index (Phi) is 2.82. The van der Waals surface area contributed by atoms with Crippen molar-refractivity contribution in [3.8, 4) is 11.4 Å². The fraction of sp³-hybridized carbons (Fsp3) is 0. The van der Waals surface area contributed by atoms with Crippen molar-refractivity contribution in [2.75, 3.05) is 0 Å². The number of nitrogens with one attached hydrogen (secondary N) is 1. The predicted molar refractivity (Wildman–Crippen MR) is 73.2 cm³/mol. The highest BCUT2D eigenvalue weighted by molar-refractivity contribution is 7.98. The zero-order valence-electron chi connectivity index (χ0n) is 9.33. The van der Waals surface area contributed by atoms with Crippen molar-refractivity contribution in [1.29, 1.82) is 0 Å². The van der Waals surface area contributed by atoms with Crippen LogP contribution in [0.5, 0.6) is 0 Å². The van der Waals surface area contributed by atoms with Crippen molar-refractivity contribution in [3.05, 3.63) is 53.4 Å². The number of aromatic amines is 1. The van der Waals surface area contributed by atoms with Gasteiger partial charge in [0, 0.05) is 15.0 Å². The van der Waals surface area contributed by atoms with Crippen molar-refractivity contribution >= 4 is 23.0 Å². The van der Waals surface area contributed by atoms with Gasteiger partial charge in [-0.3, -0.25) is 0 Å². The molecule has 0 spiro atoms. The molecule has 0 amide bonds. The van der Waals surface area contributed by atoms with Gasteiger partial charge in [-0.1, -0.05) is 30.3 Å². The Morgan fingerprint density at radius 3 is 2.72 bits per heavy atom. The maximum atomic E-state index is 10.2. The SMILES string of the molecule is O=NSc1ccc2nc(-c3ccccc3)[nH]c2c1. The molecule has 0 aliphatic rings. The van der Waals surface area contributed by atoms with Gasteiger partial charge in [0.1, 0.15) is 5.82 Å². The van der Waals surface area contributed by atoms with Crippen LogP contribution in [0.15, 0.2) is 58.0 Å². The van der Waals surface area contributed by atoms with Gasteiger partial charge in [-0.15, -0.1) is 4.91 Å². The van der Waals surface area contributed by atoms with Crippen molar-refractivity contribution in [2.24, 2.45) is 4.58 Å². The second-order valence-corrected chi connectivity index (χ2v) is 4.60. The predicted octanol–water partition coefficient (Wildman–Crippen LogP) is 4.00. The Balaban J connectivity index is 2.08. The number of H-pyrrole nitrogens is 1. The van der Waals surface area contributed by atoms with Crippen molar-refractivity contribution in [2.45, 2.75) is 4.90 Å². The van der Waals surface area contributed by atoms with Crippen LogP contribution in [-0.2, 0) is 0 Å². The Bertz CT molecular complexity index is 694. The molecule has 5 heteroatoms. The van der Waals surface area contributed by atoms with E-state index in [1.54, 1.807) is 0 Å². The van der Waals surface area contributed by atoms with Crippen molar-refractivity contribution < 1.29 is 0 Å². The highest BCUT2D eigenvalue weighted by Crippen LogP contribution is 2.25. The van der Waals surface area contributed by atoms with Crippen LogP contribution in [0.2, 0.25) is 0 Å². The van der Waals surface area contributed by atoms with E-state index in [1.165, 1.54) is 0 Å². The number of fused-ring (bicyclic) bond motifs is 1. The molecule has 0 saturated heterocycles. The first-order valence-electron chi connectivity index (χ1n) is 5.42. The summed E-state index contributed by atoms with van der Waals surface area (Å²) in [6.07, 6.45) is 0. The second-order valence-electron chi connectivity index (χ2n) is 3.80. The molecule has 0 fully saturated rings. The number of aromatic nitrogens is 2. The normalized spacial score (nSPS) is 10.7. The van der Waals surface area contributed by atoms with Gasteiger partial charge in [-0.25, -0.2) is 4.98 Å². The van der Waals surface area contributed by atoms with Gasteiger partial charge < -0.3 is 4.98 Å². The lowest BCUT2D eigenvalue weighted by atomic mass is 10.2.